The van der Waals surface area contributed by atoms with Gasteiger partial charge in [-0.15, -0.1) is 0 Å². The van der Waals surface area contributed by atoms with Crippen LogP contribution in [0.3, 0.4) is 0 Å². The molecule has 0 saturated carbocycles. The highest BCUT2D eigenvalue weighted by Gasteiger charge is 2.36. The van der Waals surface area contributed by atoms with Crippen molar-refractivity contribution in [2.24, 2.45) is 0 Å². The van der Waals surface area contributed by atoms with Gasteiger partial charge in [-0.2, -0.15) is 5.26 Å². The first-order valence-corrected chi connectivity index (χ1v) is 7.31. The fraction of sp³-hybridized carbons (Fsp3) is 0.188. The van der Waals surface area contributed by atoms with Gasteiger partial charge in [0.15, 0.2) is 17.3 Å². The number of fused-ring (bicyclic) bond motifs is 2. The quantitative estimate of drug-likeness (QED) is 0.500. The lowest BCUT2D eigenvalue weighted by Crippen LogP contribution is -2.27. The van der Waals surface area contributed by atoms with Gasteiger partial charge >= 0.3 is 5.70 Å². The first kappa shape index (κ1) is 14.1. The number of rotatable bonds is 2. The SMILES string of the molecule is N#C/C=C1/C=C(c2ccc3c(c2)OCO3)N2CCNC2=C1[N+](=O)[O-]. The number of nitriles is 1. The van der Waals surface area contributed by atoms with Gasteiger partial charge in [0.25, 0.3) is 0 Å². The molecule has 0 radical (unpaired) electrons. The average molecular weight is 324 g/mol. The third-order valence-electron chi connectivity index (χ3n) is 4.05. The van der Waals surface area contributed by atoms with Crippen LogP contribution in [0.15, 0.2) is 47.4 Å². The van der Waals surface area contributed by atoms with Gasteiger partial charge in [0, 0.05) is 24.7 Å². The van der Waals surface area contributed by atoms with Crippen molar-refractivity contribution in [1.82, 2.24) is 10.2 Å². The molecule has 1 saturated heterocycles. The minimum atomic E-state index is -0.462. The Hall–Kier alpha value is -3.47. The Morgan fingerprint density at radius 3 is 3.00 bits per heavy atom. The summed E-state index contributed by atoms with van der Waals surface area (Å²) in [4.78, 5) is 12.8. The van der Waals surface area contributed by atoms with Crippen molar-refractivity contribution >= 4 is 5.70 Å². The van der Waals surface area contributed by atoms with E-state index in [2.05, 4.69) is 5.32 Å². The average Bonchev–Trinajstić information content (AvgIpc) is 3.22. The zero-order chi connectivity index (χ0) is 16.7. The molecule has 1 fully saturated rings. The van der Waals surface area contributed by atoms with E-state index in [0.29, 0.717) is 30.4 Å². The first-order valence-electron chi connectivity index (χ1n) is 7.31. The predicted molar refractivity (Wildman–Crippen MR) is 83.0 cm³/mol. The van der Waals surface area contributed by atoms with E-state index in [4.69, 9.17) is 14.7 Å². The van der Waals surface area contributed by atoms with Crippen LogP contribution in [-0.4, -0.2) is 29.7 Å². The second-order valence-corrected chi connectivity index (χ2v) is 5.36. The van der Waals surface area contributed by atoms with Gasteiger partial charge in [0.1, 0.15) is 0 Å². The minimum Gasteiger partial charge on any atom is -0.454 e. The molecule has 3 aliphatic rings. The molecule has 1 aromatic carbocycles. The van der Waals surface area contributed by atoms with Crippen LogP contribution >= 0.6 is 0 Å². The summed E-state index contributed by atoms with van der Waals surface area (Å²) >= 11 is 0. The summed E-state index contributed by atoms with van der Waals surface area (Å²) in [5.74, 6) is 1.72. The number of allylic oxidation sites excluding steroid dienone is 2. The molecule has 3 aliphatic heterocycles. The fourth-order valence-corrected chi connectivity index (χ4v) is 3.04. The van der Waals surface area contributed by atoms with Crippen LogP contribution in [0.5, 0.6) is 11.5 Å². The molecule has 0 aromatic heterocycles. The molecule has 0 amide bonds. The summed E-state index contributed by atoms with van der Waals surface area (Å²) in [5.41, 5.74) is 1.81. The van der Waals surface area contributed by atoms with Crippen molar-refractivity contribution in [2.45, 2.75) is 0 Å². The van der Waals surface area contributed by atoms with E-state index in [0.717, 1.165) is 11.3 Å². The van der Waals surface area contributed by atoms with Crippen LogP contribution in [0.2, 0.25) is 0 Å². The molecule has 8 nitrogen and oxygen atoms in total. The molecule has 120 valence electrons. The number of nitrogens with zero attached hydrogens (tertiary/aromatic N) is 3. The second-order valence-electron chi connectivity index (χ2n) is 5.36. The lowest BCUT2D eigenvalue weighted by atomic mass is 10.0. The zero-order valence-corrected chi connectivity index (χ0v) is 12.5. The lowest BCUT2D eigenvalue weighted by Gasteiger charge is -2.26. The van der Waals surface area contributed by atoms with E-state index in [1.807, 2.05) is 29.2 Å². The minimum absolute atomic E-state index is 0.0847. The number of nitro groups is 1. The Kier molecular flexibility index (Phi) is 3.13. The van der Waals surface area contributed by atoms with Crippen molar-refractivity contribution in [1.29, 1.82) is 5.26 Å². The molecule has 0 bridgehead atoms. The summed E-state index contributed by atoms with van der Waals surface area (Å²) in [7, 11) is 0. The summed E-state index contributed by atoms with van der Waals surface area (Å²) < 4.78 is 10.7. The highest BCUT2D eigenvalue weighted by atomic mass is 16.7. The Morgan fingerprint density at radius 2 is 2.21 bits per heavy atom. The van der Waals surface area contributed by atoms with Crippen LogP contribution in [0.4, 0.5) is 0 Å². The summed E-state index contributed by atoms with van der Waals surface area (Å²) in [6.07, 6.45) is 2.85. The number of nitrogens with one attached hydrogen (secondary N) is 1. The third-order valence-corrected chi connectivity index (χ3v) is 4.05. The van der Waals surface area contributed by atoms with E-state index in [1.165, 1.54) is 6.08 Å². The van der Waals surface area contributed by atoms with Crippen molar-refractivity contribution < 1.29 is 14.4 Å². The van der Waals surface area contributed by atoms with Gasteiger partial charge in [0.2, 0.25) is 6.79 Å². The highest BCUT2D eigenvalue weighted by molar-refractivity contribution is 5.74. The molecule has 4 rings (SSSR count). The molecule has 0 unspecified atom stereocenters. The van der Waals surface area contributed by atoms with Crippen molar-refractivity contribution in [3.8, 4) is 17.6 Å². The predicted octanol–water partition coefficient (Wildman–Crippen LogP) is 1.57. The van der Waals surface area contributed by atoms with Crippen LogP contribution in [0.1, 0.15) is 5.56 Å². The Balaban J connectivity index is 1.85. The Labute approximate surface area is 137 Å². The van der Waals surface area contributed by atoms with Crippen molar-refractivity contribution in [3.63, 3.8) is 0 Å². The normalized spacial score (nSPS) is 19.7. The standard InChI is InChI=1S/C16H12N4O4/c17-4-3-11-7-12(10-1-2-13-14(8-10)24-9-23-13)19-6-5-18-16(19)15(11)20(21)22/h1-3,7-8,18H,5-6,9H2/b11-3-. The molecule has 8 heteroatoms. The third kappa shape index (κ3) is 2.06. The van der Waals surface area contributed by atoms with E-state index in [1.54, 1.807) is 6.08 Å². The smallest absolute Gasteiger partial charge is 0.317 e. The number of hydrogen-bond donors (Lipinski definition) is 1. The molecule has 24 heavy (non-hydrogen) atoms. The number of hydrogen-bond acceptors (Lipinski definition) is 7. The van der Waals surface area contributed by atoms with Gasteiger partial charge < -0.3 is 19.7 Å². The van der Waals surface area contributed by atoms with Gasteiger partial charge in [-0.25, -0.2) is 0 Å². The topological polar surface area (TPSA) is 101 Å². The second kappa shape index (κ2) is 5.31. The Bertz CT molecular complexity index is 879. The Morgan fingerprint density at radius 1 is 1.38 bits per heavy atom. The maximum Gasteiger partial charge on any atom is 0.317 e. The van der Waals surface area contributed by atoms with Crippen molar-refractivity contribution in [2.75, 3.05) is 19.9 Å². The summed E-state index contributed by atoms with van der Waals surface area (Å²) in [6.45, 7) is 1.38. The molecule has 3 heterocycles. The van der Waals surface area contributed by atoms with Gasteiger partial charge in [-0.3, -0.25) is 10.1 Å². The number of benzene rings is 1. The fourth-order valence-electron chi connectivity index (χ4n) is 3.04. The van der Waals surface area contributed by atoms with Crippen molar-refractivity contribution in [3.05, 3.63) is 63.1 Å². The maximum absolute atomic E-state index is 11.4. The van der Waals surface area contributed by atoms with E-state index < -0.39 is 4.92 Å². The molecule has 1 aromatic rings. The van der Waals surface area contributed by atoms with Crippen LogP contribution in [-0.2, 0) is 0 Å². The molecular formula is C16H12N4O4. The van der Waals surface area contributed by atoms with E-state index in [-0.39, 0.29) is 18.1 Å². The molecule has 1 N–H and O–H groups in total. The van der Waals surface area contributed by atoms with E-state index in [9.17, 15) is 10.1 Å². The van der Waals surface area contributed by atoms with Gasteiger partial charge in [-0.1, -0.05) is 0 Å². The van der Waals surface area contributed by atoms with Gasteiger partial charge in [-0.05, 0) is 24.3 Å². The summed E-state index contributed by atoms with van der Waals surface area (Å²) in [5, 5.41) is 23.5. The van der Waals surface area contributed by atoms with Crippen LogP contribution in [0, 0.1) is 21.4 Å². The van der Waals surface area contributed by atoms with Crippen LogP contribution < -0.4 is 14.8 Å². The van der Waals surface area contributed by atoms with Crippen LogP contribution in [0.25, 0.3) is 5.70 Å². The monoisotopic (exact) mass is 324 g/mol. The largest absolute Gasteiger partial charge is 0.454 e. The molecule has 0 atom stereocenters. The molecule has 0 aliphatic carbocycles. The molecule has 0 spiro atoms. The maximum atomic E-state index is 11.4. The first-order chi connectivity index (χ1) is 11.7. The van der Waals surface area contributed by atoms with Gasteiger partial charge in [0.05, 0.1) is 22.3 Å². The summed E-state index contributed by atoms with van der Waals surface area (Å²) in [6, 6.07) is 7.40. The number of ether oxygens (including phenoxy) is 2. The zero-order valence-electron chi connectivity index (χ0n) is 12.5. The lowest BCUT2D eigenvalue weighted by molar-refractivity contribution is -0.422. The molecular weight excluding hydrogens is 312 g/mol. The highest BCUT2D eigenvalue weighted by Crippen LogP contribution is 2.39. The van der Waals surface area contributed by atoms with E-state index >= 15 is 0 Å².